The summed E-state index contributed by atoms with van der Waals surface area (Å²) < 4.78 is 39.7. The van der Waals surface area contributed by atoms with Gasteiger partial charge in [-0.3, -0.25) is 19.2 Å². The number of methoxy groups -OCH3 is 2. The van der Waals surface area contributed by atoms with Gasteiger partial charge in [-0.15, -0.1) is 0 Å². The van der Waals surface area contributed by atoms with E-state index >= 15 is 0 Å². The fourth-order valence-corrected chi connectivity index (χ4v) is 5.98. The van der Waals surface area contributed by atoms with Crippen LogP contribution in [0.25, 0.3) is 0 Å². The van der Waals surface area contributed by atoms with Crippen LogP contribution in [0.1, 0.15) is 36.8 Å². The van der Waals surface area contributed by atoms with Gasteiger partial charge in [0.05, 0.1) is 38.3 Å². The molecule has 2 aliphatic rings. The maximum atomic E-state index is 13.3. The molecule has 2 fully saturated rings. The number of nitrogens with zero attached hydrogens (tertiary/aromatic N) is 1. The zero-order valence-electron chi connectivity index (χ0n) is 19.0. The molecule has 2 unspecified atom stereocenters. The van der Waals surface area contributed by atoms with Crippen molar-refractivity contribution in [3.8, 4) is 11.5 Å². The van der Waals surface area contributed by atoms with Crippen LogP contribution in [-0.2, 0) is 26.2 Å². The Kier molecular flexibility index (Phi) is 6.34. The number of amides is 2. The number of nitrogens with one attached hydrogen (secondary N) is 1. The standard InChI is InChI=1S/C24H28N2O6S/c1-15-8-10-20(31-2)19(12-15)25-33(29,30)22-13-16(9-11-21(22)32-3)14-26-23(27)17-6-4-5-7-18(17)24(26)28/h8-13,17-18,25H,4-7,14H2,1-3H3. The highest BCUT2D eigenvalue weighted by atomic mass is 32.2. The number of aryl methyl sites for hydroxylation is 1. The molecule has 1 aliphatic heterocycles. The Morgan fingerprint density at radius 1 is 0.939 bits per heavy atom. The predicted molar refractivity (Wildman–Crippen MR) is 123 cm³/mol. The highest BCUT2D eigenvalue weighted by Gasteiger charge is 2.47. The molecule has 0 bridgehead atoms. The lowest BCUT2D eigenvalue weighted by Crippen LogP contribution is -2.30. The summed E-state index contributed by atoms with van der Waals surface area (Å²) in [6, 6.07) is 9.84. The Balaban J connectivity index is 1.64. The molecule has 9 heteroatoms. The Bertz CT molecular complexity index is 1170. The molecule has 2 aromatic carbocycles. The summed E-state index contributed by atoms with van der Waals surface area (Å²) in [5.74, 6) is -0.271. The van der Waals surface area contributed by atoms with Gasteiger partial charge >= 0.3 is 0 Å². The maximum absolute atomic E-state index is 13.3. The van der Waals surface area contributed by atoms with Gasteiger partial charge in [-0.2, -0.15) is 0 Å². The largest absolute Gasteiger partial charge is 0.495 e. The zero-order chi connectivity index (χ0) is 23.8. The highest BCUT2D eigenvalue weighted by molar-refractivity contribution is 7.92. The predicted octanol–water partition coefficient (Wildman–Crippen LogP) is 3.49. The molecule has 33 heavy (non-hydrogen) atoms. The number of benzene rings is 2. The van der Waals surface area contributed by atoms with Crippen LogP contribution in [-0.4, -0.2) is 39.4 Å². The molecule has 2 atom stereocenters. The topological polar surface area (TPSA) is 102 Å². The van der Waals surface area contributed by atoms with E-state index in [0.717, 1.165) is 31.2 Å². The number of hydrogen-bond donors (Lipinski definition) is 1. The van der Waals surface area contributed by atoms with Gasteiger partial charge in [0.15, 0.2) is 0 Å². The first kappa shape index (κ1) is 23.1. The molecule has 8 nitrogen and oxygen atoms in total. The number of hydrogen-bond acceptors (Lipinski definition) is 6. The number of sulfonamides is 1. The van der Waals surface area contributed by atoms with Crippen LogP contribution in [0.2, 0.25) is 0 Å². The normalized spacial score (nSPS) is 20.5. The number of ether oxygens (including phenoxy) is 2. The number of carbonyl (C=O) groups is 2. The van der Waals surface area contributed by atoms with Gasteiger partial charge in [-0.1, -0.05) is 25.0 Å². The van der Waals surface area contributed by atoms with Gasteiger partial charge in [0, 0.05) is 0 Å². The third kappa shape index (κ3) is 4.42. The van der Waals surface area contributed by atoms with Gasteiger partial charge in [0.25, 0.3) is 10.0 Å². The monoisotopic (exact) mass is 472 g/mol. The molecule has 2 aromatic rings. The van der Waals surface area contributed by atoms with E-state index in [1.54, 1.807) is 18.2 Å². The molecule has 1 N–H and O–H groups in total. The van der Waals surface area contributed by atoms with E-state index in [9.17, 15) is 18.0 Å². The van der Waals surface area contributed by atoms with Crippen molar-refractivity contribution in [2.24, 2.45) is 11.8 Å². The smallest absolute Gasteiger partial charge is 0.265 e. The van der Waals surface area contributed by atoms with Crippen molar-refractivity contribution in [2.75, 3.05) is 18.9 Å². The lowest BCUT2D eigenvalue weighted by Gasteiger charge is -2.19. The van der Waals surface area contributed by atoms with Crippen molar-refractivity contribution in [3.63, 3.8) is 0 Å². The lowest BCUT2D eigenvalue weighted by molar-refractivity contribution is -0.140. The van der Waals surface area contributed by atoms with Gasteiger partial charge in [0.2, 0.25) is 11.8 Å². The van der Waals surface area contributed by atoms with Crippen LogP contribution < -0.4 is 14.2 Å². The molecule has 0 aromatic heterocycles. The summed E-state index contributed by atoms with van der Waals surface area (Å²) in [6.45, 7) is 1.88. The third-order valence-electron chi connectivity index (χ3n) is 6.39. The van der Waals surface area contributed by atoms with E-state index in [0.29, 0.717) is 17.0 Å². The van der Waals surface area contributed by atoms with E-state index in [1.807, 2.05) is 13.0 Å². The zero-order valence-corrected chi connectivity index (χ0v) is 19.8. The van der Waals surface area contributed by atoms with E-state index < -0.39 is 10.0 Å². The fourth-order valence-electron chi connectivity index (χ4n) is 4.70. The number of fused-ring (bicyclic) bond motifs is 1. The molecule has 1 saturated carbocycles. The van der Waals surface area contributed by atoms with Crippen LogP contribution in [0, 0.1) is 18.8 Å². The van der Waals surface area contributed by atoms with Crippen LogP contribution >= 0.6 is 0 Å². The second-order valence-corrected chi connectivity index (χ2v) is 10.2. The first-order valence-corrected chi connectivity index (χ1v) is 12.4. The van der Waals surface area contributed by atoms with Crippen molar-refractivity contribution in [3.05, 3.63) is 47.5 Å². The SMILES string of the molecule is COc1ccc(C)cc1NS(=O)(=O)c1cc(CN2C(=O)C3CCCCC3C2=O)ccc1OC. The van der Waals surface area contributed by atoms with Crippen molar-refractivity contribution in [2.45, 2.75) is 44.0 Å². The Morgan fingerprint density at radius 3 is 2.15 bits per heavy atom. The first-order valence-electron chi connectivity index (χ1n) is 10.9. The van der Waals surface area contributed by atoms with Crippen LogP contribution in [0.4, 0.5) is 5.69 Å². The van der Waals surface area contributed by atoms with Gasteiger partial charge in [0.1, 0.15) is 16.4 Å². The fraction of sp³-hybridized carbons (Fsp3) is 0.417. The molecule has 2 amide bonds. The van der Waals surface area contributed by atoms with Gasteiger partial charge in [-0.05, 0) is 55.2 Å². The number of rotatable bonds is 7. The first-order chi connectivity index (χ1) is 15.7. The number of anilines is 1. The van der Waals surface area contributed by atoms with E-state index in [-0.39, 0.29) is 40.8 Å². The Morgan fingerprint density at radius 2 is 1.55 bits per heavy atom. The minimum absolute atomic E-state index is 0.0327. The van der Waals surface area contributed by atoms with E-state index in [4.69, 9.17) is 9.47 Å². The van der Waals surface area contributed by atoms with Crippen molar-refractivity contribution in [1.82, 2.24) is 4.90 Å². The van der Waals surface area contributed by atoms with Crippen LogP contribution in [0.5, 0.6) is 11.5 Å². The second-order valence-electron chi connectivity index (χ2n) is 8.55. The van der Waals surface area contributed by atoms with Gasteiger partial charge < -0.3 is 9.47 Å². The molecule has 1 heterocycles. The minimum atomic E-state index is -4.05. The summed E-state index contributed by atoms with van der Waals surface area (Å²) in [7, 11) is -1.20. The highest BCUT2D eigenvalue weighted by Crippen LogP contribution is 2.39. The van der Waals surface area contributed by atoms with Gasteiger partial charge in [-0.25, -0.2) is 8.42 Å². The molecule has 0 spiro atoms. The second kappa shape index (κ2) is 9.05. The molecular formula is C24H28N2O6S. The minimum Gasteiger partial charge on any atom is -0.495 e. The average molecular weight is 473 g/mol. The molecule has 1 aliphatic carbocycles. The van der Waals surface area contributed by atoms with Crippen LogP contribution in [0.15, 0.2) is 41.3 Å². The van der Waals surface area contributed by atoms with Crippen molar-refractivity contribution >= 4 is 27.5 Å². The number of likely N-dealkylation sites (tertiary alicyclic amines) is 1. The lowest BCUT2D eigenvalue weighted by atomic mass is 9.81. The Labute approximate surface area is 193 Å². The molecule has 176 valence electrons. The Hall–Kier alpha value is -3.07. The molecular weight excluding hydrogens is 444 g/mol. The third-order valence-corrected chi connectivity index (χ3v) is 7.78. The summed E-state index contributed by atoms with van der Waals surface area (Å²) >= 11 is 0. The average Bonchev–Trinajstić information content (AvgIpc) is 3.04. The van der Waals surface area contributed by atoms with Crippen LogP contribution in [0.3, 0.4) is 0 Å². The maximum Gasteiger partial charge on any atom is 0.265 e. The quantitative estimate of drug-likeness (QED) is 0.619. The van der Waals surface area contributed by atoms with E-state index in [1.165, 1.54) is 31.3 Å². The molecule has 4 rings (SSSR count). The summed E-state index contributed by atoms with van der Waals surface area (Å²) in [5.41, 5.74) is 1.70. The summed E-state index contributed by atoms with van der Waals surface area (Å²) in [6.07, 6.45) is 3.37. The van der Waals surface area contributed by atoms with Crippen molar-refractivity contribution in [1.29, 1.82) is 0 Å². The van der Waals surface area contributed by atoms with Crippen molar-refractivity contribution < 1.29 is 27.5 Å². The van der Waals surface area contributed by atoms with E-state index in [2.05, 4.69) is 4.72 Å². The molecule has 1 saturated heterocycles. The summed E-state index contributed by atoms with van der Waals surface area (Å²) in [5, 5.41) is 0. The number of imide groups is 1. The molecule has 0 radical (unpaired) electrons. The number of carbonyl (C=O) groups excluding carboxylic acids is 2. The summed E-state index contributed by atoms with van der Waals surface area (Å²) in [4.78, 5) is 26.9.